The van der Waals surface area contributed by atoms with Gasteiger partial charge in [0.2, 0.25) is 0 Å². The quantitative estimate of drug-likeness (QED) is 0.695. The molecule has 1 aromatic heterocycles. The number of aromatic hydroxyl groups is 1. The summed E-state index contributed by atoms with van der Waals surface area (Å²) in [4.78, 5) is 6.94. The maximum atomic E-state index is 10.3. The van der Waals surface area contributed by atoms with Crippen LogP contribution in [0.3, 0.4) is 0 Å². The largest absolute Gasteiger partial charge is 0.507 e. The predicted octanol–water partition coefficient (Wildman–Crippen LogP) is 3.12. The summed E-state index contributed by atoms with van der Waals surface area (Å²) in [5, 5.41) is 15.0. The fourth-order valence-electron chi connectivity index (χ4n) is 3.21. The molecule has 0 atom stereocenters. The molecule has 0 radical (unpaired) electrons. The third kappa shape index (κ3) is 4.64. The van der Waals surface area contributed by atoms with Crippen LogP contribution in [0.25, 0.3) is 23.5 Å². The van der Waals surface area contributed by atoms with Gasteiger partial charge in [0.25, 0.3) is 0 Å². The van der Waals surface area contributed by atoms with Crippen LogP contribution in [0.1, 0.15) is 11.4 Å². The molecule has 1 saturated heterocycles. The molecule has 2 heterocycles. The van der Waals surface area contributed by atoms with Crippen LogP contribution in [0.5, 0.6) is 11.5 Å². The molecule has 0 unspecified atom stereocenters. The molecular formula is C22H24N4O3. The van der Waals surface area contributed by atoms with Crippen molar-refractivity contribution < 1.29 is 14.6 Å². The molecule has 0 amide bonds. The minimum Gasteiger partial charge on any atom is -0.507 e. The van der Waals surface area contributed by atoms with E-state index < -0.39 is 0 Å². The van der Waals surface area contributed by atoms with E-state index in [-0.39, 0.29) is 5.75 Å². The first-order valence-corrected chi connectivity index (χ1v) is 9.58. The van der Waals surface area contributed by atoms with Crippen LogP contribution in [0, 0.1) is 0 Å². The molecule has 0 bridgehead atoms. The third-order valence-electron chi connectivity index (χ3n) is 4.81. The van der Waals surface area contributed by atoms with Gasteiger partial charge in [-0.3, -0.25) is 4.90 Å². The van der Waals surface area contributed by atoms with E-state index in [0.29, 0.717) is 37.1 Å². The van der Waals surface area contributed by atoms with Gasteiger partial charge < -0.3 is 14.6 Å². The average molecular weight is 392 g/mol. The van der Waals surface area contributed by atoms with Gasteiger partial charge in [-0.1, -0.05) is 30.3 Å². The lowest BCUT2D eigenvalue weighted by Gasteiger charge is -2.26. The molecule has 1 N–H and O–H groups in total. The molecule has 3 aromatic rings. The van der Waals surface area contributed by atoms with Crippen molar-refractivity contribution in [1.82, 2.24) is 19.7 Å². The van der Waals surface area contributed by atoms with Gasteiger partial charge in [0.1, 0.15) is 11.5 Å². The highest BCUT2D eigenvalue weighted by Gasteiger charge is 2.18. The van der Waals surface area contributed by atoms with Crippen LogP contribution in [0.4, 0.5) is 0 Å². The van der Waals surface area contributed by atoms with Crippen molar-refractivity contribution in [2.75, 3.05) is 33.4 Å². The SMILES string of the molecule is COc1ccc(/C=C/c2nc(-c3ccccc3O)n(CN3CCOCC3)n2)cc1. The maximum Gasteiger partial charge on any atom is 0.174 e. The molecule has 29 heavy (non-hydrogen) atoms. The molecule has 1 aliphatic rings. The lowest BCUT2D eigenvalue weighted by Crippen LogP contribution is -2.37. The Bertz CT molecular complexity index is 976. The molecule has 1 fully saturated rings. The number of hydrogen-bond donors (Lipinski definition) is 1. The summed E-state index contributed by atoms with van der Waals surface area (Å²) in [7, 11) is 1.65. The first-order valence-electron chi connectivity index (χ1n) is 9.58. The van der Waals surface area contributed by atoms with Crippen LogP contribution in [0.15, 0.2) is 48.5 Å². The number of para-hydroxylation sites is 1. The minimum absolute atomic E-state index is 0.189. The first-order chi connectivity index (χ1) is 14.2. The number of ether oxygens (including phenoxy) is 2. The molecule has 0 aliphatic carbocycles. The third-order valence-corrected chi connectivity index (χ3v) is 4.81. The monoisotopic (exact) mass is 392 g/mol. The fourth-order valence-corrected chi connectivity index (χ4v) is 3.21. The first kappa shape index (κ1) is 19.2. The predicted molar refractivity (Wildman–Crippen MR) is 111 cm³/mol. The second-order valence-corrected chi connectivity index (χ2v) is 6.79. The number of hydrogen-bond acceptors (Lipinski definition) is 6. The number of phenolic OH excluding ortho intramolecular Hbond substituents is 1. The Morgan fingerprint density at radius 1 is 1.07 bits per heavy atom. The lowest BCUT2D eigenvalue weighted by molar-refractivity contribution is 0.0216. The number of morpholine rings is 1. The van der Waals surface area contributed by atoms with Gasteiger partial charge in [0.05, 0.1) is 32.6 Å². The minimum atomic E-state index is 0.189. The standard InChI is InChI=1S/C22H24N4O3/c1-28-18-9-6-17(7-10-18)8-11-21-23-22(19-4-2-3-5-20(19)27)26(24-21)16-25-12-14-29-15-13-25/h2-11,27H,12-16H2,1H3/b11-8+. The van der Waals surface area contributed by atoms with Crippen molar-refractivity contribution in [1.29, 1.82) is 0 Å². The van der Waals surface area contributed by atoms with Crippen molar-refractivity contribution in [2.24, 2.45) is 0 Å². The van der Waals surface area contributed by atoms with Gasteiger partial charge in [-0.25, -0.2) is 9.67 Å². The highest BCUT2D eigenvalue weighted by Crippen LogP contribution is 2.28. The molecule has 0 saturated carbocycles. The number of phenols is 1. The maximum absolute atomic E-state index is 10.3. The summed E-state index contributed by atoms with van der Waals surface area (Å²) in [5.41, 5.74) is 1.69. The summed E-state index contributed by atoms with van der Waals surface area (Å²) >= 11 is 0. The highest BCUT2D eigenvalue weighted by atomic mass is 16.5. The van der Waals surface area contributed by atoms with E-state index in [0.717, 1.165) is 24.4 Å². The smallest absolute Gasteiger partial charge is 0.174 e. The van der Waals surface area contributed by atoms with Crippen molar-refractivity contribution >= 4 is 12.2 Å². The second-order valence-electron chi connectivity index (χ2n) is 6.79. The Morgan fingerprint density at radius 3 is 2.55 bits per heavy atom. The molecular weight excluding hydrogens is 368 g/mol. The summed E-state index contributed by atoms with van der Waals surface area (Å²) < 4.78 is 12.5. The van der Waals surface area contributed by atoms with Gasteiger partial charge in [0.15, 0.2) is 11.6 Å². The molecule has 7 nitrogen and oxygen atoms in total. The van der Waals surface area contributed by atoms with Gasteiger partial charge in [-0.15, -0.1) is 5.10 Å². The molecule has 150 valence electrons. The Labute approximate surface area is 169 Å². The molecule has 1 aliphatic heterocycles. The number of rotatable bonds is 6. The molecule has 4 rings (SSSR count). The van der Waals surface area contributed by atoms with E-state index in [4.69, 9.17) is 9.47 Å². The number of methoxy groups -OCH3 is 1. The second kappa shape index (κ2) is 8.89. The van der Waals surface area contributed by atoms with E-state index in [1.165, 1.54) is 0 Å². The van der Waals surface area contributed by atoms with Crippen LogP contribution in [-0.2, 0) is 11.4 Å². The van der Waals surface area contributed by atoms with Crippen molar-refractivity contribution in [3.63, 3.8) is 0 Å². The topological polar surface area (TPSA) is 72.6 Å². The van der Waals surface area contributed by atoms with Gasteiger partial charge in [-0.05, 0) is 35.9 Å². The van der Waals surface area contributed by atoms with Crippen molar-refractivity contribution in [3.8, 4) is 22.9 Å². The van der Waals surface area contributed by atoms with Crippen LogP contribution in [-0.4, -0.2) is 58.2 Å². The van der Waals surface area contributed by atoms with Crippen molar-refractivity contribution in [3.05, 3.63) is 59.9 Å². The van der Waals surface area contributed by atoms with Gasteiger partial charge in [-0.2, -0.15) is 0 Å². The Balaban J connectivity index is 1.62. The number of nitrogens with zero attached hydrogens (tertiary/aromatic N) is 4. The summed E-state index contributed by atoms with van der Waals surface area (Å²) in [6, 6.07) is 15.0. The van der Waals surface area contributed by atoms with E-state index in [9.17, 15) is 5.11 Å². The van der Waals surface area contributed by atoms with Crippen LogP contribution >= 0.6 is 0 Å². The zero-order valence-electron chi connectivity index (χ0n) is 16.4. The Kier molecular flexibility index (Phi) is 5.88. The molecule has 0 spiro atoms. The zero-order valence-corrected chi connectivity index (χ0v) is 16.4. The lowest BCUT2D eigenvalue weighted by atomic mass is 10.2. The normalized spacial score (nSPS) is 15.1. The summed E-state index contributed by atoms with van der Waals surface area (Å²) in [6.45, 7) is 3.71. The van der Waals surface area contributed by atoms with Gasteiger partial charge in [0, 0.05) is 13.1 Å². The van der Waals surface area contributed by atoms with E-state index >= 15 is 0 Å². The average Bonchev–Trinajstić information content (AvgIpc) is 3.16. The number of aromatic nitrogens is 3. The van der Waals surface area contributed by atoms with Gasteiger partial charge >= 0.3 is 0 Å². The zero-order chi connectivity index (χ0) is 20.1. The van der Waals surface area contributed by atoms with E-state index in [1.54, 1.807) is 19.2 Å². The Morgan fingerprint density at radius 2 is 1.83 bits per heavy atom. The van der Waals surface area contributed by atoms with E-state index in [1.807, 2.05) is 53.2 Å². The fraction of sp³-hybridized carbons (Fsp3) is 0.273. The molecule has 2 aromatic carbocycles. The van der Waals surface area contributed by atoms with Crippen LogP contribution in [0.2, 0.25) is 0 Å². The van der Waals surface area contributed by atoms with Crippen LogP contribution < -0.4 is 4.74 Å². The summed E-state index contributed by atoms with van der Waals surface area (Å²) in [5.74, 6) is 2.24. The number of benzene rings is 2. The van der Waals surface area contributed by atoms with E-state index in [2.05, 4.69) is 15.0 Å². The highest BCUT2D eigenvalue weighted by molar-refractivity contribution is 5.69. The Hall–Kier alpha value is -3.16. The molecule has 7 heteroatoms. The summed E-state index contributed by atoms with van der Waals surface area (Å²) in [6.07, 6.45) is 3.84. The van der Waals surface area contributed by atoms with Crippen molar-refractivity contribution in [2.45, 2.75) is 6.67 Å².